The Kier molecular flexibility index (Phi) is 8.19. The summed E-state index contributed by atoms with van der Waals surface area (Å²) in [5.74, 6) is 0.384. The van der Waals surface area contributed by atoms with E-state index < -0.39 is 0 Å². The molecule has 0 saturated carbocycles. The maximum atomic E-state index is 12.3. The third-order valence-corrected chi connectivity index (χ3v) is 4.78. The van der Waals surface area contributed by atoms with E-state index in [4.69, 9.17) is 5.73 Å². The number of benzene rings is 2. The Balaban J connectivity index is 0.00000300. The van der Waals surface area contributed by atoms with Gasteiger partial charge in [0.25, 0.3) is 11.8 Å². The summed E-state index contributed by atoms with van der Waals surface area (Å²) in [6.07, 6.45) is 1.42. The molecular formula is C22H27IN4O2. The summed E-state index contributed by atoms with van der Waals surface area (Å²) >= 11 is 0. The highest BCUT2D eigenvalue weighted by Gasteiger charge is 2.34. The molecule has 0 radical (unpaired) electrons. The van der Waals surface area contributed by atoms with E-state index in [2.05, 4.69) is 36.3 Å². The number of rotatable bonds is 7. The number of nitrogens with zero attached hydrogens (tertiary/aromatic N) is 2. The van der Waals surface area contributed by atoms with Crippen LogP contribution in [0.15, 0.2) is 53.5 Å². The van der Waals surface area contributed by atoms with Gasteiger partial charge in [0.15, 0.2) is 5.96 Å². The molecule has 154 valence electrons. The monoisotopic (exact) mass is 506 g/mol. The lowest BCUT2D eigenvalue weighted by Crippen LogP contribution is -2.30. The molecule has 1 aliphatic heterocycles. The van der Waals surface area contributed by atoms with E-state index in [9.17, 15) is 9.59 Å². The van der Waals surface area contributed by atoms with Gasteiger partial charge in [-0.15, -0.1) is 24.0 Å². The number of nitrogens with one attached hydrogen (secondary N) is 1. The molecule has 29 heavy (non-hydrogen) atoms. The second-order valence-corrected chi connectivity index (χ2v) is 7.19. The zero-order chi connectivity index (χ0) is 20.1. The molecule has 6 nitrogen and oxygen atoms in total. The predicted octanol–water partition coefficient (Wildman–Crippen LogP) is 4.23. The number of hydrogen-bond acceptors (Lipinski definition) is 3. The molecule has 0 saturated heterocycles. The number of imide groups is 1. The van der Waals surface area contributed by atoms with Gasteiger partial charge in [-0.05, 0) is 48.6 Å². The number of nitrogens with two attached hydrogens (primary N) is 1. The van der Waals surface area contributed by atoms with Crippen molar-refractivity contribution in [3.05, 3.63) is 65.2 Å². The van der Waals surface area contributed by atoms with Crippen molar-refractivity contribution in [3.8, 4) is 0 Å². The number of guanidine groups is 1. The summed E-state index contributed by atoms with van der Waals surface area (Å²) in [6.45, 7) is 5.22. The van der Waals surface area contributed by atoms with Gasteiger partial charge in [0.1, 0.15) is 0 Å². The van der Waals surface area contributed by atoms with Gasteiger partial charge in [-0.2, -0.15) is 0 Å². The van der Waals surface area contributed by atoms with Crippen molar-refractivity contribution in [2.75, 3.05) is 18.4 Å². The largest absolute Gasteiger partial charge is 0.370 e. The fourth-order valence-electron chi connectivity index (χ4n) is 3.19. The van der Waals surface area contributed by atoms with E-state index in [0.29, 0.717) is 42.5 Å². The Bertz CT molecular complexity index is 876. The quantitative estimate of drug-likeness (QED) is 0.194. The molecule has 3 rings (SSSR count). The number of hydrogen-bond donors (Lipinski definition) is 2. The molecule has 0 bridgehead atoms. The van der Waals surface area contributed by atoms with Gasteiger partial charge < -0.3 is 11.1 Å². The van der Waals surface area contributed by atoms with E-state index in [0.717, 1.165) is 12.1 Å². The van der Waals surface area contributed by atoms with Crippen LogP contribution >= 0.6 is 24.0 Å². The van der Waals surface area contributed by atoms with Crippen molar-refractivity contribution in [1.29, 1.82) is 0 Å². The number of carbonyl (C=O) groups is 2. The van der Waals surface area contributed by atoms with Crippen molar-refractivity contribution in [3.63, 3.8) is 0 Å². The second-order valence-electron chi connectivity index (χ2n) is 7.19. The summed E-state index contributed by atoms with van der Waals surface area (Å²) in [6, 6.07) is 15.0. The Labute approximate surface area is 188 Å². The minimum atomic E-state index is -0.213. The average Bonchev–Trinajstić information content (AvgIpc) is 2.93. The second kappa shape index (κ2) is 10.4. The van der Waals surface area contributed by atoms with Gasteiger partial charge in [-0.25, -0.2) is 0 Å². The Morgan fingerprint density at radius 1 is 1.03 bits per heavy atom. The lowest BCUT2D eigenvalue weighted by molar-refractivity contribution is 0.0652. The fourth-order valence-corrected chi connectivity index (χ4v) is 3.19. The van der Waals surface area contributed by atoms with Gasteiger partial charge in [0.2, 0.25) is 0 Å². The molecule has 0 atom stereocenters. The van der Waals surface area contributed by atoms with Crippen LogP contribution in [0.25, 0.3) is 0 Å². The summed E-state index contributed by atoms with van der Waals surface area (Å²) in [4.78, 5) is 30.3. The van der Waals surface area contributed by atoms with Crippen molar-refractivity contribution < 1.29 is 9.59 Å². The highest BCUT2D eigenvalue weighted by Crippen LogP contribution is 2.22. The van der Waals surface area contributed by atoms with Crippen LogP contribution in [0, 0.1) is 0 Å². The number of unbranched alkanes of at least 4 members (excludes halogenated alkanes) is 1. The van der Waals surface area contributed by atoms with Crippen LogP contribution in [-0.4, -0.2) is 35.8 Å². The summed E-state index contributed by atoms with van der Waals surface area (Å²) < 4.78 is 0. The highest BCUT2D eigenvalue weighted by molar-refractivity contribution is 14.0. The molecule has 0 spiro atoms. The molecule has 7 heteroatoms. The van der Waals surface area contributed by atoms with Gasteiger partial charge in [0.05, 0.1) is 11.1 Å². The standard InChI is InChI=1S/C22H26N4O2.HI/c1-15(2)16-8-7-9-17(14-16)25-22(23)24-12-5-6-13-26-20(27)18-10-3-4-11-19(18)21(26)28;/h3-4,7-11,14-15H,5-6,12-13H2,1-2H3,(H3,23,24,25);1H. The summed E-state index contributed by atoms with van der Waals surface area (Å²) in [5, 5.41) is 3.10. The SMILES string of the molecule is CC(C)c1cccc(NC(N)=NCCCCN2C(=O)c3ccccc3C2=O)c1.I. The van der Waals surface area contributed by atoms with Crippen molar-refractivity contribution in [2.45, 2.75) is 32.6 Å². The molecule has 0 fully saturated rings. The minimum absolute atomic E-state index is 0. The number of anilines is 1. The number of aliphatic imine (C=N–C) groups is 1. The van der Waals surface area contributed by atoms with E-state index in [-0.39, 0.29) is 35.8 Å². The van der Waals surface area contributed by atoms with E-state index in [1.165, 1.54) is 10.5 Å². The molecule has 0 unspecified atom stereocenters. The number of carbonyl (C=O) groups excluding carboxylic acids is 2. The number of fused-ring (bicyclic) bond motifs is 1. The Hall–Kier alpha value is -2.42. The van der Waals surface area contributed by atoms with Gasteiger partial charge >= 0.3 is 0 Å². The van der Waals surface area contributed by atoms with E-state index in [1.807, 2.05) is 12.1 Å². The first-order chi connectivity index (χ1) is 13.5. The summed E-state index contributed by atoms with van der Waals surface area (Å²) in [5.41, 5.74) is 9.09. The zero-order valence-electron chi connectivity index (χ0n) is 16.7. The highest BCUT2D eigenvalue weighted by atomic mass is 127. The molecule has 3 N–H and O–H groups in total. The fraction of sp³-hybridized carbons (Fsp3) is 0.318. The number of halogens is 1. The lowest BCUT2D eigenvalue weighted by atomic mass is 10.0. The van der Waals surface area contributed by atoms with E-state index in [1.54, 1.807) is 24.3 Å². The van der Waals surface area contributed by atoms with Crippen LogP contribution in [0.1, 0.15) is 58.9 Å². The van der Waals surface area contributed by atoms with E-state index >= 15 is 0 Å². The molecule has 1 aliphatic rings. The van der Waals surface area contributed by atoms with Crippen LogP contribution < -0.4 is 11.1 Å². The van der Waals surface area contributed by atoms with Crippen molar-refractivity contribution in [1.82, 2.24) is 4.90 Å². The molecule has 2 aromatic rings. The molecular weight excluding hydrogens is 479 g/mol. The molecule has 2 amide bonds. The third-order valence-electron chi connectivity index (χ3n) is 4.78. The van der Waals surface area contributed by atoms with Crippen LogP contribution in [0.3, 0.4) is 0 Å². The maximum Gasteiger partial charge on any atom is 0.261 e. The molecule has 2 aromatic carbocycles. The first kappa shape index (κ1) is 22.9. The normalized spacial score (nSPS) is 13.5. The van der Waals surface area contributed by atoms with Gasteiger partial charge in [-0.3, -0.25) is 19.5 Å². The minimum Gasteiger partial charge on any atom is -0.370 e. The smallest absolute Gasteiger partial charge is 0.261 e. The molecule has 1 heterocycles. The van der Waals surface area contributed by atoms with Crippen LogP contribution in [0.5, 0.6) is 0 Å². The van der Waals surface area contributed by atoms with Crippen LogP contribution in [0.4, 0.5) is 5.69 Å². The van der Waals surface area contributed by atoms with Crippen LogP contribution in [0.2, 0.25) is 0 Å². The number of amides is 2. The lowest BCUT2D eigenvalue weighted by Gasteiger charge is -2.13. The molecule has 0 aromatic heterocycles. The Morgan fingerprint density at radius 2 is 1.69 bits per heavy atom. The first-order valence-corrected chi connectivity index (χ1v) is 9.59. The van der Waals surface area contributed by atoms with Gasteiger partial charge in [0, 0.05) is 18.8 Å². The van der Waals surface area contributed by atoms with Gasteiger partial charge in [-0.1, -0.05) is 38.1 Å². The van der Waals surface area contributed by atoms with Crippen LogP contribution in [-0.2, 0) is 0 Å². The van der Waals surface area contributed by atoms with Crippen molar-refractivity contribution >= 4 is 47.4 Å². The van der Waals surface area contributed by atoms with Crippen molar-refractivity contribution in [2.24, 2.45) is 10.7 Å². The summed E-state index contributed by atoms with van der Waals surface area (Å²) in [7, 11) is 0. The topological polar surface area (TPSA) is 87.8 Å². The Morgan fingerprint density at radius 3 is 2.31 bits per heavy atom. The maximum absolute atomic E-state index is 12.3. The molecule has 0 aliphatic carbocycles. The first-order valence-electron chi connectivity index (χ1n) is 9.59. The predicted molar refractivity (Wildman–Crippen MR) is 127 cm³/mol. The zero-order valence-corrected chi connectivity index (χ0v) is 19.1. The average molecular weight is 506 g/mol. The third kappa shape index (κ3) is 5.56.